The van der Waals surface area contributed by atoms with E-state index in [1.54, 1.807) is 0 Å². The van der Waals surface area contributed by atoms with Crippen LogP contribution in [0.25, 0.3) is 0 Å². The predicted molar refractivity (Wildman–Crippen MR) is 61.7 cm³/mol. The van der Waals surface area contributed by atoms with Crippen molar-refractivity contribution in [2.45, 2.75) is 52.8 Å². The molecule has 18 heavy (non-hydrogen) atoms. The van der Waals surface area contributed by atoms with Gasteiger partial charge in [-0.15, -0.1) is 0 Å². The monoisotopic (exact) mass is 262 g/mol. The number of nitrogens with zero attached hydrogens (tertiary/aromatic N) is 2. The molecule has 0 aliphatic rings. The summed E-state index contributed by atoms with van der Waals surface area (Å²) in [5, 5.41) is 4.08. The topological polar surface area (TPSA) is 34.9 Å². The molecule has 0 bridgehead atoms. The van der Waals surface area contributed by atoms with Crippen LogP contribution in [0, 0.1) is 13.8 Å². The zero-order chi connectivity index (χ0) is 14.1. The van der Waals surface area contributed by atoms with Crippen molar-refractivity contribution in [1.82, 2.24) is 9.78 Å². The third-order valence-electron chi connectivity index (χ3n) is 3.10. The van der Waals surface area contributed by atoms with Crippen LogP contribution in [0.1, 0.15) is 54.5 Å². The van der Waals surface area contributed by atoms with E-state index in [1.807, 2.05) is 13.8 Å². The smallest absolute Gasteiger partial charge is 0.284 e. The van der Waals surface area contributed by atoms with Gasteiger partial charge in [0.25, 0.3) is 5.78 Å². The van der Waals surface area contributed by atoms with Crippen LogP contribution < -0.4 is 0 Å². The minimum atomic E-state index is -4.85. The minimum Gasteiger partial charge on any atom is -0.284 e. The minimum absolute atomic E-state index is 0.0264. The Morgan fingerprint density at radius 2 is 1.78 bits per heavy atom. The molecule has 1 heterocycles. The molecule has 0 amide bonds. The van der Waals surface area contributed by atoms with Crippen LogP contribution in [0.3, 0.4) is 0 Å². The van der Waals surface area contributed by atoms with E-state index in [1.165, 1.54) is 18.5 Å². The molecule has 0 aromatic carbocycles. The van der Waals surface area contributed by atoms with Gasteiger partial charge >= 0.3 is 6.18 Å². The summed E-state index contributed by atoms with van der Waals surface area (Å²) in [5.41, 5.74) is 0.125. The number of rotatable bonds is 4. The average Bonchev–Trinajstić information content (AvgIpc) is 2.54. The molecular weight excluding hydrogens is 245 g/mol. The fourth-order valence-corrected chi connectivity index (χ4v) is 2.12. The fraction of sp³-hybridized carbons (Fsp3) is 0.667. The predicted octanol–water partition coefficient (Wildman–Crippen LogP) is 3.61. The van der Waals surface area contributed by atoms with Crippen LogP contribution in [0.5, 0.6) is 0 Å². The first-order valence-corrected chi connectivity index (χ1v) is 5.91. The van der Waals surface area contributed by atoms with E-state index in [2.05, 4.69) is 5.10 Å². The maximum absolute atomic E-state index is 12.5. The summed E-state index contributed by atoms with van der Waals surface area (Å²) in [4.78, 5) is 11.3. The number of ketones is 1. The zero-order valence-electron chi connectivity index (χ0n) is 10.9. The Labute approximate surface area is 104 Å². The normalized spacial score (nSPS) is 12.2. The quantitative estimate of drug-likeness (QED) is 0.777. The van der Waals surface area contributed by atoms with Gasteiger partial charge in [-0.3, -0.25) is 9.48 Å². The van der Waals surface area contributed by atoms with E-state index in [0.29, 0.717) is 5.69 Å². The molecule has 0 spiro atoms. The molecule has 102 valence electrons. The van der Waals surface area contributed by atoms with Crippen LogP contribution in [0.2, 0.25) is 0 Å². The molecule has 0 saturated carbocycles. The largest absolute Gasteiger partial charge is 0.455 e. The van der Waals surface area contributed by atoms with Gasteiger partial charge in [-0.25, -0.2) is 0 Å². The number of aromatic nitrogens is 2. The van der Waals surface area contributed by atoms with E-state index in [9.17, 15) is 18.0 Å². The van der Waals surface area contributed by atoms with Crippen molar-refractivity contribution >= 4 is 5.78 Å². The molecule has 1 aromatic rings. The Morgan fingerprint density at radius 3 is 2.17 bits per heavy atom. The number of halogens is 3. The molecule has 0 unspecified atom stereocenters. The number of Topliss-reactive ketones (excluding diaryl/α,β-unsaturated/α-hetero) is 1. The molecule has 0 aliphatic carbocycles. The Hall–Kier alpha value is -1.33. The summed E-state index contributed by atoms with van der Waals surface area (Å²) < 4.78 is 39.0. The summed E-state index contributed by atoms with van der Waals surface area (Å²) in [6.07, 6.45) is -3.33. The zero-order valence-corrected chi connectivity index (χ0v) is 10.9. The lowest BCUT2D eigenvalue weighted by Gasteiger charge is -2.15. The van der Waals surface area contributed by atoms with Crippen molar-refractivity contribution in [3.8, 4) is 0 Å². The summed E-state index contributed by atoms with van der Waals surface area (Å²) >= 11 is 0. The first-order valence-electron chi connectivity index (χ1n) is 5.91. The van der Waals surface area contributed by atoms with E-state index < -0.39 is 12.0 Å². The third-order valence-corrected chi connectivity index (χ3v) is 3.10. The van der Waals surface area contributed by atoms with Gasteiger partial charge in [0, 0.05) is 5.69 Å². The highest BCUT2D eigenvalue weighted by atomic mass is 19.4. The molecule has 1 aromatic heterocycles. The molecule has 1 rings (SSSR count). The number of aryl methyl sites for hydroxylation is 1. The van der Waals surface area contributed by atoms with Crippen molar-refractivity contribution in [3.05, 3.63) is 17.0 Å². The standard InChI is InChI=1S/C12H17F3N2O/c1-5-9(6-2)17-8(4)10(7(3)16-17)11(18)12(13,14)15/h9H,5-6H2,1-4H3. The SMILES string of the molecule is CCC(CC)n1nc(C)c(C(=O)C(F)(F)F)c1C. The summed E-state index contributed by atoms with van der Waals surface area (Å²) in [5.74, 6) is -1.81. The molecule has 0 N–H and O–H groups in total. The van der Waals surface area contributed by atoms with Crippen molar-refractivity contribution in [2.75, 3.05) is 0 Å². The van der Waals surface area contributed by atoms with Crippen LogP contribution in [0.4, 0.5) is 13.2 Å². The molecule has 0 radical (unpaired) electrons. The molecule has 6 heteroatoms. The average molecular weight is 262 g/mol. The van der Waals surface area contributed by atoms with Gasteiger partial charge in [-0.2, -0.15) is 18.3 Å². The lowest BCUT2D eigenvalue weighted by Crippen LogP contribution is -2.24. The van der Waals surface area contributed by atoms with Crippen molar-refractivity contribution < 1.29 is 18.0 Å². The second kappa shape index (κ2) is 5.12. The molecule has 3 nitrogen and oxygen atoms in total. The third kappa shape index (κ3) is 2.57. The number of hydrogen-bond donors (Lipinski definition) is 0. The van der Waals surface area contributed by atoms with Crippen LogP contribution in [-0.2, 0) is 0 Å². The van der Waals surface area contributed by atoms with Gasteiger partial charge in [-0.1, -0.05) is 13.8 Å². The Morgan fingerprint density at radius 1 is 1.28 bits per heavy atom. The van der Waals surface area contributed by atoms with Crippen LogP contribution in [0.15, 0.2) is 0 Å². The van der Waals surface area contributed by atoms with Gasteiger partial charge < -0.3 is 0 Å². The van der Waals surface area contributed by atoms with Gasteiger partial charge in [0.1, 0.15) is 0 Å². The highest BCUT2D eigenvalue weighted by Crippen LogP contribution is 2.28. The Balaban J connectivity index is 3.29. The second-order valence-corrected chi connectivity index (χ2v) is 4.29. The molecule has 0 aliphatic heterocycles. The first-order chi connectivity index (χ1) is 8.23. The Kier molecular flexibility index (Phi) is 4.19. The van der Waals surface area contributed by atoms with Crippen molar-refractivity contribution in [1.29, 1.82) is 0 Å². The fourth-order valence-electron chi connectivity index (χ4n) is 2.12. The molecule has 0 atom stereocenters. The number of carbonyl (C=O) groups excluding carboxylic acids is 1. The molecule has 0 saturated heterocycles. The van der Waals surface area contributed by atoms with Gasteiger partial charge in [0.15, 0.2) is 0 Å². The summed E-state index contributed by atoms with van der Waals surface area (Å²) in [7, 11) is 0. The van der Waals surface area contributed by atoms with Crippen LogP contribution in [-0.4, -0.2) is 21.7 Å². The second-order valence-electron chi connectivity index (χ2n) is 4.29. The van der Waals surface area contributed by atoms with Crippen LogP contribution >= 0.6 is 0 Å². The van der Waals surface area contributed by atoms with Gasteiger partial charge in [0.05, 0.1) is 17.3 Å². The van der Waals surface area contributed by atoms with E-state index in [4.69, 9.17) is 0 Å². The lowest BCUT2D eigenvalue weighted by atomic mass is 10.1. The molecular formula is C12H17F3N2O. The van der Waals surface area contributed by atoms with Crippen molar-refractivity contribution in [2.24, 2.45) is 0 Å². The Bertz CT molecular complexity index is 445. The lowest BCUT2D eigenvalue weighted by molar-refractivity contribution is -0.0886. The van der Waals surface area contributed by atoms with Gasteiger partial charge in [-0.05, 0) is 26.7 Å². The van der Waals surface area contributed by atoms with E-state index in [0.717, 1.165) is 12.8 Å². The number of carbonyl (C=O) groups is 1. The summed E-state index contributed by atoms with van der Waals surface area (Å²) in [6.45, 7) is 6.83. The number of alkyl halides is 3. The first kappa shape index (κ1) is 14.7. The number of hydrogen-bond acceptors (Lipinski definition) is 2. The van der Waals surface area contributed by atoms with Crippen molar-refractivity contribution in [3.63, 3.8) is 0 Å². The van der Waals surface area contributed by atoms with Gasteiger partial charge in [0.2, 0.25) is 0 Å². The maximum Gasteiger partial charge on any atom is 0.455 e. The highest BCUT2D eigenvalue weighted by molar-refractivity contribution is 6.02. The highest BCUT2D eigenvalue weighted by Gasteiger charge is 2.42. The van der Waals surface area contributed by atoms with E-state index in [-0.39, 0.29) is 17.3 Å². The maximum atomic E-state index is 12.5. The van der Waals surface area contributed by atoms with E-state index >= 15 is 0 Å². The molecule has 0 fully saturated rings. The summed E-state index contributed by atoms with van der Waals surface area (Å²) in [6, 6.07) is 0.0264.